The third-order valence-corrected chi connectivity index (χ3v) is 2.16. The third kappa shape index (κ3) is 3.25. The van der Waals surface area contributed by atoms with Crippen LogP contribution in [0.2, 0.25) is 0 Å². The van der Waals surface area contributed by atoms with Gasteiger partial charge in [0.05, 0.1) is 0 Å². The van der Waals surface area contributed by atoms with Crippen molar-refractivity contribution in [3.63, 3.8) is 0 Å². The van der Waals surface area contributed by atoms with Crippen molar-refractivity contribution in [1.29, 1.82) is 0 Å². The average molecular weight is 208 g/mol. The van der Waals surface area contributed by atoms with Gasteiger partial charge in [-0.3, -0.25) is 10.2 Å². The van der Waals surface area contributed by atoms with Crippen molar-refractivity contribution < 1.29 is 9.53 Å². The second-order valence-electron chi connectivity index (χ2n) is 3.27. The Kier molecular flexibility index (Phi) is 4.12. The summed E-state index contributed by atoms with van der Waals surface area (Å²) in [6, 6.07) is 7.64. The molecule has 1 atom stereocenters. The number of rotatable bonds is 4. The van der Waals surface area contributed by atoms with Crippen LogP contribution in [-0.4, -0.2) is 12.0 Å². The minimum absolute atomic E-state index is 0.338. The molecule has 1 aromatic rings. The number of hydrogen-bond acceptors (Lipinski definition) is 3. The highest BCUT2D eigenvalue weighted by molar-refractivity contribution is 5.80. The summed E-state index contributed by atoms with van der Waals surface area (Å²) in [4.78, 5) is 11.1. The van der Waals surface area contributed by atoms with Gasteiger partial charge in [0.15, 0.2) is 6.10 Å². The largest absolute Gasteiger partial charge is 0.481 e. The fourth-order valence-electron chi connectivity index (χ4n) is 1.18. The molecular weight excluding hydrogens is 192 g/mol. The summed E-state index contributed by atoms with van der Waals surface area (Å²) in [6.45, 7) is 3.73. The maximum absolute atomic E-state index is 11.1. The molecule has 1 amide bonds. The van der Waals surface area contributed by atoms with E-state index < -0.39 is 6.10 Å². The van der Waals surface area contributed by atoms with Gasteiger partial charge in [0.1, 0.15) is 5.75 Å². The fourth-order valence-corrected chi connectivity index (χ4v) is 1.18. The van der Waals surface area contributed by atoms with Crippen LogP contribution in [0.4, 0.5) is 0 Å². The Hall–Kier alpha value is -1.55. The van der Waals surface area contributed by atoms with Gasteiger partial charge in [-0.1, -0.05) is 19.1 Å². The number of nitrogens with one attached hydrogen (secondary N) is 1. The highest BCUT2D eigenvalue weighted by Gasteiger charge is 2.12. The van der Waals surface area contributed by atoms with Crippen molar-refractivity contribution in [2.75, 3.05) is 0 Å². The zero-order valence-corrected chi connectivity index (χ0v) is 8.99. The number of carbonyl (C=O) groups is 1. The molecule has 1 aromatic carbocycles. The third-order valence-electron chi connectivity index (χ3n) is 2.16. The molecule has 0 saturated carbocycles. The predicted molar refractivity (Wildman–Crippen MR) is 58.2 cm³/mol. The number of hydrazine groups is 1. The van der Waals surface area contributed by atoms with E-state index in [0.29, 0.717) is 5.75 Å². The molecule has 0 spiro atoms. The lowest BCUT2D eigenvalue weighted by atomic mass is 10.2. The highest BCUT2D eigenvalue weighted by Crippen LogP contribution is 2.14. The summed E-state index contributed by atoms with van der Waals surface area (Å²) in [6.07, 6.45) is 0.404. The lowest BCUT2D eigenvalue weighted by molar-refractivity contribution is -0.127. The molecule has 0 aliphatic heterocycles. The molecule has 0 fully saturated rings. The topological polar surface area (TPSA) is 64.3 Å². The Morgan fingerprint density at radius 1 is 1.47 bits per heavy atom. The smallest absolute Gasteiger partial charge is 0.274 e. The summed E-state index contributed by atoms with van der Waals surface area (Å²) < 4.78 is 5.37. The molecule has 3 N–H and O–H groups in total. The monoisotopic (exact) mass is 208 g/mol. The molecule has 82 valence electrons. The standard InChI is InChI=1S/C11H16N2O2/c1-3-9-4-6-10(7-5-9)15-8(2)11(14)13-12/h4-8H,3,12H2,1-2H3,(H,13,14). The Morgan fingerprint density at radius 2 is 2.07 bits per heavy atom. The molecule has 1 rings (SSSR count). The van der Waals surface area contributed by atoms with Gasteiger partial charge < -0.3 is 4.74 Å². The van der Waals surface area contributed by atoms with E-state index >= 15 is 0 Å². The minimum atomic E-state index is -0.581. The summed E-state index contributed by atoms with van der Waals surface area (Å²) in [5.74, 6) is 5.32. The predicted octanol–water partition coefficient (Wildman–Crippen LogP) is 1.01. The van der Waals surface area contributed by atoms with Crippen LogP contribution >= 0.6 is 0 Å². The summed E-state index contributed by atoms with van der Waals surface area (Å²) in [7, 11) is 0. The number of hydrogen-bond donors (Lipinski definition) is 2. The number of ether oxygens (including phenoxy) is 1. The molecule has 0 aromatic heterocycles. The van der Waals surface area contributed by atoms with Crippen LogP contribution in [-0.2, 0) is 11.2 Å². The van der Waals surface area contributed by atoms with Crippen molar-refractivity contribution in [1.82, 2.24) is 5.43 Å². The van der Waals surface area contributed by atoms with E-state index in [2.05, 4.69) is 6.92 Å². The molecule has 0 radical (unpaired) electrons. The second-order valence-corrected chi connectivity index (χ2v) is 3.27. The van der Waals surface area contributed by atoms with Gasteiger partial charge >= 0.3 is 0 Å². The van der Waals surface area contributed by atoms with E-state index in [9.17, 15) is 4.79 Å². The Balaban J connectivity index is 2.60. The minimum Gasteiger partial charge on any atom is -0.481 e. The molecule has 1 unspecified atom stereocenters. The quantitative estimate of drug-likeness (QED) is 0.441. The van der Waals surface area contributed by atoms with Crippen LogP contribution in [0.25, 0.3) is 0 Å². The average Bonchev–Trinajstić information content (AvgIpc) is 2.29. The molecule has 0 aliphatic carbocycles. The highest BCUT2D eigenvalue weighted by atomic mass is 16.5. The molecule has 0 heterocycles. The van der Waals surface area contributed by atoms with Gasteiger partial charge in [0, 0.05) is 0 Å². The van der Waals surface area contributed by atoms with E-state index in [1.54, 1.807) is 6.92 Å². The molecule has 0 saturated heterocycles. The van der Waals surface area contributed by atoms with E-state index in [-0.39, 0.29) is 5.91 Å². The van der Waals surface area contributed by atoms with Gasteiger partial charge in [-0.25, -0.2) is 5.84 Å². The molecule has 4 heteroatoms. The number of nitrogens with two attached hydrogens (primary N) is 1. The first-order chi connectivity index (χ1) is 7.17. The van der Waals surface area contributed by atoms with Gasteiger partial charge in [-0.05, 0) is 31.0 Å². The van der Waals surface area contributed by atoms with Crippen LogP contribution in [0.1, 0.15) is 19.4 Å². The zero-order valence-electron chi connectivity index (χ0n) is 8.99. The Morgan fingerprint density at radius 3 is 2.53 bits per heavy atom. The molecule has 0 aliphatic rings. The summed E-state index contributed by atoms with van der Waals surface area (Å²) in [5, 5.41) is 0. The number of benzene rings is 1. The van der Waals surface area contributed by atoms with E-state index in [4.69, 9.17) is 10.6 Å². The second kappa shape index (κ2) is 5.36. The van der Waals surface area contributed by atoms with Crippen LogP contribution in [0.3, 0.4) is 0 Å². The Labute approximate surface area is 89.4 Å². The van der Waals surface area contributed by atoms with E-state index in [0.717, 1.165) is 6.42 Å². The van der Waals surface area contributed by atoms with Crippen LogP contribution < -0.4 is 16.0 Å². The van der Waals surface area contributed by atoms with E-state index in [1.165, 1.54) is 5.56 Å². The van der Waals surface area contributed by atoms with Crippen molar-refractivity contribution >= 4 is 5.91 Å². The zero-order chi connectivity index (χ0) is 11.3. The van der Waals surface area contributed by atoms with Gasteiger partial charge in [-0.15, -0.1) is 0 Å². The Bertz CT molecular complexity index is 322. The lowest BCUT2D eigenvalue weighted by Gasteiger charge is -2.12. The van der Waals surface area contributed by atoms with Gasteiger partial charge in [0.2, 0.25) is 0 Å². The summed E-state index contributed by atoms with van der Waals surface area (Å²) in [5.41, 5.74) is 3.28. The normalized spacial score (nSPS) is 11.9. The first-order valence-corrected chi connectivity index (χ1v) is 4.93. The first-order valence-electron chi connectivity index (χ1n) is 4.93. The maximum atomic E-state index is 11.1. The van der Waals surface area contributed by atoms with Crippen molar-refractivity contribution in [2.24, 2.45) is 5.84 Å². The van der Waals surface area contributed by atoms with Crippen LogP contribution in [0, 0.1) is 0 Å². The lowest BCUT2D eigenvalue weighted by Crippen LogP contribution is -2.40. The molecular formula is C11H16N2O2. The number of amides is 1. The maximum Gasteiger partial charge on any atom is 0.274 e. The van der Waals surface area contributed by atoms with Gasteiger partial charge in [-0.2, -0.15) is 0 Å². The summed E-state index contributed by atoms with van der Waals surface area (Å²) >= 11 is 0. The van der Waals surface area contributed by atoms with Crippen molar-refractivity contribution in [2.45, 2.75) is 26.4 Å². The number of carbonyl (C=O) groups excluding carboxylic acids is 1. The molecule has 4 nitrogen and oxygen atoms in total. The first kappa shape index (κ1) is 11.5. The van der Waals surface area contributed by atoms with Crippen molar-refractivity contribution in [3.05, 3.63) is 29.8 Å². The number of aryl methyl sites for hydroxylation is 1. The van der Waals surface area contributed by atoms with Crippen molar-refractivity contribution in [3.8, 4) is 5.75 Å². The molecule has 0 bridgehead atoms. The van der Waals surface area contributed by atoms with E-state index in [1.807, 2.05) is 29.7 Å². The SMILES string of the molecule is CCc1ccc(OC(C)C(=O)NN)cc1. The molecule has 15 heavy (non-hydrogen) atoms. The van der Waals surface area contributed by atoms with Crippen LogP contribution in [0.5, 0.6) is 5.75 Å². The fraction of sp³-hybridized carbons (Fsp3) is 0.364. The van der Waals surface area contributed by atoms with Gasteiger partial charge in [0.25, 0.3) is 5.91 Å². The van der Waals surface area contributed by atoms with Crippen LogP contribution in [0.15, 0.2) is 24.3 Å².